The van der Waals surface area contributed by atoms with Crippen molar-refractivity contribution in [1.29, 1.82) is 0 Å². The summed E-state index contributed by atoms with van der Waals surface area (Å²) in [6.45, 7) is 1.64. The molecular weight excluding hydrogens is 313 g/mol. The van der Waals surface area contributed by atoms with Crippen molar-refractivity contribution < 1.29 is 23.5 Å². The Hall–Kier alpha value is -2.89. The second kappa shape index (κ2) is 8.10. The number of rotatable bonds is 6. The molecule has 0 heterocycles. The number of ether oxygens (including phenoxy) is 2. The second-order valence-corrected chi connectivity index (χ2v) is 5.15. The summed E-state index contributed by atoms with van der Waals surface area (Å²) in [4.78, 5) is 23.2. The summed E-state index contributed by atoms with van der Waals surface area (Å²) >= 11 is 0. The molecule has 0 aliphatic rings. The summed E-state index contributed by atoms with van der Waals surface area (Å²) in [7, 11) is 1.30. The van der Waals surface area contributed by atoms with E-state index in [1.165, 1.54) is 19.2 Å². The maximum Gasteiger partial charge on any atom is 0.337 e. The number of esters is 1. The van der Waals surface area contributed by atoms with Crippen LogP contribution in [-0.2, 0) is 9.53 Å². The fourth-order valence-electron chi connectivity index (χ4n) is 2.07. The average Bonchev–Trinajstić information content (AvgIpc) is 2.60. The summed E-state index contributed by atoms with van der Waals surface area (Å²) in [6.07, 6.45) is 0. The lowest BCUT2D eigenvalue weighted by Gasteiger charge is -2.14. The van der Waals surface area contributed by atoms with Crippen LogP contribution in [0.5, 0.6) is 5.75 Å². The topological polar surface area (TPSA) is 64.6 Å². The van der Waals surface area contributed by atoms with Crippen molar-refractivity contribution in [2.75, 3.05) is 13.7 Å². The monoisotopic (exact) mass is 331 g/mol. The van der Waals surface area contributed by atoms with Crippen molar-refractivity contribution in [2.24, 2.45) is 0 Å². The summed E-state index contributed by atoms with van der Waals surface area (Å²) in [5.74, 6) is -0.598. The highest BCUT2D eigenvalue weighted by molar-refractivity contribution is 5.89. The molecule has 126 valence electrons. The van der Waals surface area contributed by atoms with Gasteiger partial charge in [-0.1, -0.05) is 12.1 Å². The van der Waals surface area contributed by atoms with Crippen LogP contribution in [-0.4, -0.2) is 25.6 Å². The van der Waals surface area contributed by atoms with E-state index in [4.69, 9.17) is 4.74 Å². The van der Waals surface area contributed by atoms with Gasteiger partial charge < -0.3 is 14.8 Å². The van der Waals surface area contributed by atoms with E-state index < -0.39 is 5.97 Å². The minimum atomic E-state index is -0.438. The van der Waals surface area contributed by atoms with E-state index in [1.54, 1.807) is 43.3 Å². The standard InChI is InChI=1S/C18H18FNO4/c1-12(13-3-7-15(19)8-4-13)20-17(21)11-24-16-9-5-14(6-10-16)18(22)23-2/h3-10,12H,11H2,1-2H3,(H,20,21). The number of carbonyl (C=O) groups is 2. The molecule has 0 spiro atoms. The predicted molar refractivity (Wildman–Crippen MR) is 86.2 cm³/mol. The van der Waals surface area contributed by atoms with Crippen LogP contribution >= 0.6 is 0 Å². The predicted octanol–water partition coefficient (Wildman–Crippen LogP) is 2.87. The zero-order valence-electron chi connectivity index (χ0n) is 13.4. The summed E-state index contributed by atoms with van der Waals surface area (Å²) in [6, 6.07) is 11.9. The molecule has 0 aliphatic carbocycles. The number of hydrogen-bond donors (Lipinski definition) is 1. The van der Waals surface area contributed by atoms with Gasteiger partial charge >= 0.3 is 5.97 Å². The first-order valence-electron chi connectivity index (χ1n) is 7.35. The van der Waals surface area contributed by atoms with Crippen molar-refractivity contribution in [3.63, 3.8) is 0 Å². The molecule has 1 unspecified atom stereocenters. The zero-order valence-corrected chi connectivity index (χ0v) is 13.4. The number of amides is 1. The largest absolute Gasteiger partial charge is 0.484 e. The molecule has 24 heavy (non-hydrogen) atoms. The number of benzene rings is 2. The molecule has 1 atom stereocenters. The zero-order chi connectivity index (χ0) is 17.5. The van der Waals surface area contributed by atoms with Gasteiger partial charge in [0, 0.05) is 0 Å². The van der Waals surface area contributed by atoms with E-state index in [0.717, 1.165) is 5.56 Å². The Morgan fingerprint density at radius 1 is 1.08 bits per heavy atom. The maximum absolute atomic E-state index is 12.9. The van der Waals surface area contributed by atoms with Crippen LogP contribution in [0.2, 0.25) is 0 Å². The Morgan fingerprint density at radius 3 is 2.29 bits per heavy atom. The van der Waals surface area contributed by atoms with Crippen LogP contribution in [0.3, 0.4) is 0 Å². The van der Waals surface area contributed by atoms with Gasteiger partial charge in [0.2, 0.25) is 0 Å². The van der Waals surface area contributed by atoms with Gasteiger partial charge in [0.05, 0.1) is 18.7 Å². The minimum Gasteiger partial charge on any atom is -0.484 e. The summed E-state index contributed by atoms with van der Waals surface area (Å²) < 4.78 is 22.9. The van der Waals surface area contributed by atoms with Crippen LogP contribution in [0.1, 0.15) is 28.9 Å². The Balaban J connectivity index is 1.84. The van der Waals surface area contributed by atoms with Gasteiger partial charge in [-0.25, -0.2) is 9.18 Å². The van der Waals surface area contributed by atoms with Gasteiger partial charge in [-0.15, -0.1) is 0 Å². The fourth-order valence-corrected chi connectivity index (χ4v) is 2.07. The van der Waals surface area contributed by atoms with Gasteiger partial charge in [-0.2, -0.15) is 0 Å². The SMILES string of the molecule is COC(=O)c1ccc(OCC(=O)NC(C)c2ccc(F)cc2)cc1. The first kappa shape index (κ1) is 17.5. The van der Waals surface area contributed by atoms with E-state index in [-0.39, 0.29) is 24.4 Å². The smallest absolute Gasteiger partial charge is 0.337 e. The number of carbonyl (C=O) groups excluding carboxylic acids is 2. The van der Waals surface area contributed by atoms with Gasteiger partial charge in [-0.3, -0.25) is 4.79 Å². The Morgan fingerprint density at radius 2 is 1.71 bits per heavy atom. The Kier molecular flexibility index (Phi) is 5.89. The maximum atomic E-state index is 12.9. The number of hydrogen-bond acceptors (Lipinski definition) is 4. The van der Waals surface area contributed by atoms with E-state index in [2.05, 4.69) is 10.1 Å². The highest BCUT2D eigenvalue weighted by Crippen LogP contribution is 2.14. The second-order valence-electron chi connectivity index (χ2n) is 5.15. The van der Waals surface area contributed by atoms with Gasteiger partial charge in [-0.05, 0) is 48.9 Å². The molecule has 0 radical (unpaired) electrons. The summed E-state index contributed by atoms with van der Waals surface area (Å²) in [5, 5.41) is 2.76. The molecule has 0 fully saturated rings. The third-order valence-corrected chi connectivity index (χ3v) is 3.39. The highest BCUT2D eigenvalue weighted by atomic mass is 19.1. The Labute approximate surface area is 139 Å². The van der Waals surface area contributed by atoms with Crippen LogP contribution in [0.15, 0.2) is 48.5 Å². The molecule has 0 bridgehead atoms. The van der Waals surface area contributed by atoms with Gasteiger partial charge in [0.15, 0.2) is 6.61 Å². The van der Waals surface area contributed by atoms with Crippen molar-refractivity contribution >= 4 is 11.9 Å². The molecule has 0 aromatic heterocycles. The van der Waals surface area contributed by atoms with E-state index in [9.17, 15) is 14.0 Å². The molecule has 1 N–H and O–H groups in total. The molecular formula is C18H18FNO4. The average molecular weight is 331 g/mol. The van der Waals surface area contributed by atoms with Crippen molar-refractivity contribution in [3.05, 3.63) is 65.5 Å². The number of nitrogens with one attached hydrogen (secondary N) is 1. The molecule has 2 rings (SSSR count). The molecule has 0 aliphatic heterocycles. The molecule has 2 aromatic rings. The first-order chi connectivity index (χ1) is 11.5. The molecule has 1 amide bonds. The molecule has 6 heteroatoms. The lowest BCUT2D eigenvalue weighted by Crippen LogP contribution is -2.31. The minimum absolute atomic E-state index is 0.164. The highest BCUT2D eigenvalue weighted by Gasteiger charge is 2.11. The van der Waals surface area contributed by atoms with Crippen molar-refractivity contribution in [1.82, 2.24) is 5.32 Å². The van der Waals surface area contributed by atoms with Crippen LogP contribution in [0.4, 0.5) is 4.39 Å². The lowest BCUT2D eigenvalue weighted by atomic mass is 10.1. The third kappa shape index (κ3) is 4.81. The third-order valence-electron chi connectivity index (χ3n) is 3.39. The normalized spacial score (nSPS) is 11.5. The lowest BCUT2D eigenvalue weighted by molar-refractivity contribution is -0.123. The summed E-state index contributed by atoms with van der Waals surface area (Å²) in [5.41, 5.74) is 1.20. The molecule has 2 aromatic carbocycles. The van der Waals surface area contributed by atoms with E-state index in [0.29, 0.717) is 11.3 Å². The first-order valence-corrected chi connectivity index (χ1v) is 7.35. The Bertz CT molecular complexity index is 698. The van der Waals surface area contributed by atoms with Crippen molar-refractivity contribution in [2.45, 2.75) is 13.0 Å². The van der Waals surface area contributed by atoms with Crippen LogP contribution in [0.25, 0.3) is 0 Å². The van der Waals surface area contributed by atoms with Crippen LogP contribution < -0.4 is 10.1 Å². The van der Waals surface area contributed by atoms with E-state index >= 15 is 0 Å². The van der Waals surface area contributed by atoms with E-state index in [1.807, 2.05) is 0 Å². The number of methoxy groups -OCH3 is 1. The molecule has 5 nitrogen and oxygen atoms in total. The number of halogens is 1. The van der Waals surface area contributed by atoms with Crippen molar-refractivity contribution in [3.8, 4) is 5.75 Å². The quantitative estimate of drug-likeness (QED) is 0.827. The van der Waals surface area contributed by atoms with Crippen LogP contribution in [0, 0.1) is 5.82 Å². The van der Waals surface area contributed by atoms with Gasteiger partial charge in [0.1, 0.15) is 11.6 Å². The van der Waals surface area contributed by atoms with Gasteiger partial charge in [0.25, 0.3) is 5.91 Å². The fraction of sp³-hybridized carbons (Fsp3) is 0.222. The molecule has 0 saturated carbocycles. The molecule has 0 saturated heterocycles.